The molecule has 2 atom stereocenters. The van der Waals surface area contributed by atoms with Crippen molar-refractivity contribution in [2.45, 2.75) is 45.4 Å². The molecular formula is C15H24N2O. The maximum Gasteiger partial charge on any atom is 0.0598 e. The molecule has 18 heavy (non-hydrogen) atoms. The molecule has 2 rings (SSSR count). The van der Waals surface area contributed by atoms with Crippen LogP contribution in [0.4, 0.5) is 5.69 Å². The Bertz CT molecular complexity index is 405. The summed E-state index contributed by atoms with van der Waals surface area (Å²) in [6.45, 7) is 6.43. The van der Waals surface area contributed by atoms with E-state index >= 15 is 0 Å². The molecule has 0 aromatic heterocycles. The van der Waals surface area contributed by atoms with Crippen LogP contribution in [0.3, 0.4) is 0 Å². The Morgan fingerprint density at radius 2 is 2.22 bits per heavy atom. The molecule has 0 saturated carbocycles. The molecule has 0 amide bonds. The number of piperidine rings is 1. The molecule has 3 heteroatoms. The third-order valence-electron chi connectivity index (χ3n) is 3.97. The number of aryl methyl sites for hydroxylation is 1. The number of nitrogens with zero attached hydrogens (tertiary/aromatic N) is 1. The van der Waals surface area contributed by atoms with Gasteiger partial charge in [-0.1, -0.05) is 17.7 Å². The molecule has 2 N–H and O–H groups in total. The lowest BCUT2D eigenvalue weighted by atomic mass is 9.99. The summed E-state index contributed by atoms with van der Waals surface area (Å²) in [7, 11) is 1.81. The monoisotopic (exact) mass is 248 g/mol. The lowest BCUT2D eigenvalue weighted by molar-refractivity contribution is 0.0130. The zero-order valence-electron chi connectivity index (χ0n) is 11.6. The first-order valence-corrected chi connectivity index (χ1v) is 6.72. The first kappa shape index (κ1) is 13.4. The number of hydrogen-bond acceptors (Lipinski definition) is 3. The van der Waals surface area contributed by atoms with Gasteiger partial charge >= 0.3 is 0 Å². The largest absolute Gasteiger partial charge is 0.398 e. The number of rotatable bonds is 3. The summed E-state index contributed by atoms with van der Waals surface area (Å²) in [5, 5.41) is 0. The predicted octanol–water partition coefficient (Wildman–Crippen LogP) is 2.58. The minimum Gasteiger partial charge on any atom is -0.398 e. The molecule has 1 saturated heterocycles. The van der Waals surface area contributed by atoms with Crippen molar-refractivity contribution in [1.29, 1.82) is 0 Å². The van der Waals surface area contributed by atoms with Crippen molar-refractivity contribution in [3.63, 3.8) is 0 Å². The van der Waals surface area contributed by atoms with Gasteiger partial charge in [-0.05, 0) is 38.3 Å². The lowest BCUT2D eigenvalue weighted by Crippen LogP contribution is -2.42. The van der Waals surface area contributed by atoms with Crippen molar-refractivity contribution in [1.82, 2.24) is 4.90 Å². The van der Waals surface area contributed by atoms with Crippen LogP contribution in [-0.4, -0.2) is 30.7 Å². The third kappa shape index (κ3) is 3.03. The summed E-state index contributed by atoms with van der Waals surface area (Å²) in [4.78, 5) is 2.50. The van der Waals surface area contributed by atoms with Gasteiger partial charge in [-0.3, -0.25) is 4.90 Å². The Balaban J connectivity index is 2.03. The van der Waals surface area contributed by atoms with Crippen molar-refractivity contribution in [2.75, 3.05) is 19.4 Å². The van der Waals surface area contributed by atoms with Gasteiger partial charge in [0.1, 0.15) is 0 Å². The van der Waals surface area contributed by atoms with Gasteiger partial charge in [-0.25, -0.2) is 0 Å². The summed E-state index contributed by atoms with van der Waals surface area (Å²) in [5.74, 6) is 0. The maximum atomic E-state index is 6.05. The van der Waals surface area contributed by atoms with E-state index in [1.807, 2.05) is 13.2 Å². The van der Waals surface area contributed by atoms with Crippen LogP contribution in [0.25, 0.3) is 0 Å². The first-order chi connectivity index (χ1) is 8.60. The van der Waals surface area contributed by atoms with Crippen molar-refractivity contribution >= 4 is 5.69 Å². The summed E-state index contributed by atoms with van der Waals surface area (Å²) in [6, 6.07) is 6.84. The van der Waals surface area contributed by atoms with Crippen LogP contribution < -0.4 is 5.73 Å². The molecule has 1 aromatic rings. The zero-order valence-corrected chi connectivity index (χ0v) is 11.6. The molecular weight excluding hydrogens is 224 g/mol. The molecule has 0 radical (unpaired) electrons. The lowest BCUT2D eigenvalue weighted by Gasteiger charge is -2.37. The number of anilines is 1. The van der Waals surface area contributed by atoms with E-state index in [9.17, 15) is 0 Å². The number of ether oxygens (including phenoxy) is 1. The van der Waals surface area contributed by atoms with E-state index in [0.29, 0.717) is 12.1 Å². The second-order valence-electron chi connectivity index (χ2n) is 5.40. The highest BCUT2D eigenvalue weighted by Crippen LogP contribution is 2.23. The second-order valence-corrected chi connectivity index (χ2v) is 5.40. The van der Waals surface area contributed by atoms with Crippen molar-refractivity contribution < 1.29 is 4.74 Å². The third-order valence-corrected chi connectivity index (χ3v) is 3.97. The van der Waals surface area contributed by atoms with E-state index in [-0.39, 0.29) is 0 Å². The molecule has 1 aliphatic heterocycles. The Hall–Kier alpha value is -1.06. The number of methoxy groups -OCH3 is 1. The van der Waals surface area contributed by atoms with E-state index in [1.54, 1.807) is 0 Å². The van der Waals surface area contributed by atoms with Crippen LogP contribution in [0.15, 0.2) is 18.2 Å². The van der Waals surface area contributed by atoms with Crippen LogP contribution in [0.1, 0.15) is 30.9 Å². The fourth-order valence-corrected chi connectivity index (χ4v) is 2.72. The highest BCUT2D eigenvalue weighted by molar-refractivity contribution is 5.48. The Kier molecular flexibility index (Phi) is 4.25. The van der Waals surface area contributed by atoms with Gasteiger partial charge in [-0.15, -0.1) is 0 Å². The number of likely N-dealkylation sites (tertiary alicyclic amines) is 1. The minimum atomic E-state index is 0.422. The average Bonchev–Trinajstić information content (AvgIpc) is 2.36. The number of nitrogens with two attached hydrogens (primary N) is 1. The SMILES string of the molecule is COC1CCN(Cc2cc(C)ccc2N)C(C)C1. The van der Waals surface area contributed by atoms with Crippen LogP contribution in [0, 0.1) is 6.92 Å². The Morgan fingerprint density at radius 1 is 1.44 bits per heavy atom. The van der Waals surface area contributed by atoms with Gasteiger partial charge in [0.15, 0.2) is 0 Å². The summed E-state index contributed by atoms with van der Waals surface area (Å²) in [5.41, 5.74) is 9.48. The molecule has 0 bridgehead atoms. The summed E-state index contributed by atoms with van der Waals surface area (Å²) >= 11 is 0. The normalized spacial score (nSPS) is 25.3. The van der Waals surface area contributed by atoms with E-state index < -0.39 is 0 Å². The standard InChI is InChI=1S/C15H24N2O/c1-11-4-5-15(16)13(8-11)10-17-7-6-14(18-3)9-12(17)2/h4-5,8,12,14H,6-7,9-10,16H2,1-3H3. The number of hydrogen-bond donors (Lipinski definition) is 1. The topological polar surface area (TPSA) is 38.5 Å². The summed E-state index contributed by atoms with van der Waals surface area (Å²) in [6.07, 6.45) is 2.65. The predicted molar refractivity (Wildman–Crippen MR) is 75.5 cm³/mol. The highest BCUT2D eigenvalue weighted by Gasteiger charge is 2.25. The van der Waals surface area contributed by atoms with E-state index in [2.05, 4.69) is 30.9 Å². The fraction of sp³-hybridized carbons (Fsp3) is 0.600. The Labute approximate surface area is 110 Å². The first-order valence-electron chi connectivity index (χ1n) is 6.72. The second kappa shape index (κ2) is 5.72. The van der Waals surface area contributed by atoms with Gasteiger partial charge in [-0.2, -0.15) is 0 Å². The van der Waals surface area contributed by atoms with Gasteiger partial charge in [0.25, 0.3) is 0 Å². The molecule has 1 aromatic carbocycles. The quantitative estimate of drug-likeness (QED) is 0.836. The fourth-order valence-electron chi connectivity index (χ4n) is 2.72. The smallest absolute Gasteiger partial charge is 0.0598 e. The van der Waals surface area contributed by atoms with Gasteiger partial charge in [0, 0.05) is 31.9 Å². The zero-order chi connectivity index (χ0) is 13.1. The van der Waals surface area contributed by atoms with Gasteiger partial charge in [0.05, 0.1) is 6.10 Å². The summed E-state index contributed by atoms with van der Waals surface area (Å²) < 4.78 is 5.45. The molecule has 1 heterocycles. The van der Waals surface area contributed by atoms with E-state index in [0.717, 1.165) is 31.6 Å². The Morgan fingerprint density at radius 3 is 2.89 bits per heavy atom. The van der Waals surface area contributed by atoms with Crippen LogP contribution in [0.2, 0.25) is 0 Å². The van der Waals surface area contributed by atoms with E-state index in [4.69, 9.17) is 10.5 Å². The molecule has 100 valence electrons. The van der Waals surface area contributed by atoms with Crippen LogP contribution >= 0.6 is 0 Å². The molecule has 2 unspecified atom stereocenters. The minimum absolute atomic E-state index is 0.422. The average molecular weight is 248 g/mol. The molecule has 0 aliphatic carbocycles. The van der Waals surface area contributed by atoms with Gasteiger partial charge in [0.2, 0.25) is 0 Å². The molecule has 1 fully saturated rings. The van der Waals surface area contributed by atoms with Crippen molar-refractivity contribution in [3.8, 4) is 0 Å². The molecule has 3 nitrogen and oxygen atoms in total. The molecule has 0 spiro atoms. The van der Waals surface area contributed by atoms with Crippen molar-refractivity contribution in [3.05, 3.63) is 29.3 Å². The van der Waals surface area contributed by atoms with E-state index in [1.165, 1.54) is 11.1 Å². The van der Waals surface area contributed by atoms with Crippen LogP contribution in [-0.2, 0) is 11.3 Å². The number of nitrogen functional groups attached to an aromatic ring is 1. The van der Waals surface area contributed by atoms with Crippen LogP contribution in [0.5, 0.6) is 0 Å². The highest BCUT2D eigenvalue weighted by atomic mass is 16.5. The maximum absolute atomic E-state index is 6.05. The van der Waals surface area contributed by atoms with Crippen molar-refractivity contribution in [2.24, 2.45) is 0 Å². The molecule has 1 aliphatic rings. The number of benzene rings is 1. The van der Waals surface area contributed by atoms with Gasteiger partial charge < -0.3 is 10.5 Å².